The third kappa shape index (κ3) is 6.17. The summed E-state index contributed by atoms with van der Waals surface area (Å²) in [5.41, 5.74) is 0.720. The Morgan fingerprint density at radius 2 is 2.00 bits per heavy atom. The fourth-order valence-corrected chi connectivity index (χ4v) is 2.73. The number of anilines is 1. The first kappa shape index (κ1) is 17.7. The molecule has 2 rings (SSSR count). The molecule has 0 radical (unpaired) electrons. The molecule has 0 aromatic heterocycles. The van der Waals surface area contributed by atoms with Crippen molar-refractivity contribution in [3.05, 3.63) is 24.3 Å². The van der Waals surface area contributed by atoms with Crippen LogP contribution in [0.25, 0.3) is 0 Å². The maximum Gasteiger partial charge on any atom is 0.221 e. The van der Waals surface area contributed by atoms with Gasteiger partial charge in [-0.1, -0.05) is 0 Å². The first-order chi connectivity index (χ1) is 11.1. The molecule has 6 nitrogen and oxygen atoms in total. The van der Waals surface area contributed by atoms with Gasteiger partial charge in [-0.05, 0) is 56.1 Å². The number of amides is 1. The van der Waals surface area contributed by atoms with E-state index in [4.69, 9.17) is 9.84 Å². The van der Waals surface area contributed by atoms with Crippen molar-refractivity contribution in [2.24, 2.45) is 5.92 Å². The van der Waals surface area contributed by atoms with E-state index in [-0.39, 0.29) is 19.1 Å². The predicted octanol–water partition coefficient (Wildman–Crippen LogP) is 1.09. The number of piperidine rings is 1. The van der Waals surface area contributed by atoms with Crippen molar-refractivity contribution in [1.82, 2.24) is 4.90 Å². The van der Waals surface area contributed by atoms with Crippen molar-refractivity contribution >= 4 is 11.6 Å². The molecule has 1 aliphatic rings. The number of likely N-dealkylation sites (tertiary alicyclic amines) is 1. The van der Waals surface area contributed by atoms with Crippen molar-refractivity contribution < 1.29 is 19.7 Å². The molecule has 1 amide bonds. The summed E-state index contributed by atoms with van der Waals surface area (Å²) in [5.74, 6) is 0.956. The molecule has 0 aliphatic carbocycles. The lowest BCUT2D eigenvalue weighted by molar-refractivity contribution is -0.114. The van der Waals surface area contributed by atoms with Crippen LogP contribution in [0.5, 0.6) is 5.75 Å². The van der Waals surface area contributed by atoms with Crippen LogP contribution in [0.4, 0.5) is 5.69 Å². The molecule has 1 aromatic rings. The lowest BCUT2D eigenvalue weighted by Crippen LogP contribution is -2.41. The van der Waals surface area contributed by atoms with Gasteiger partial charge in [-0.15, -0.1) is 0 Å². The van der Waals surface area contributed by atoms with E-state index in [0.717, 1.165) is 31.6 Å². The zero-order chi connectivity index (χ0) is 16.7. The third-order valence-electron chi connectivity index (χ3n) is 4.05. The molecule has 1 saturated heterocycles. The average molecular weight is 322 g/mol. The Hall–Kier alpha value is -1.63. The zero-order valence-corrected chi connectivity index (χ0v) is 13.6. The van der Waals surface area contributed by atoms with E-state index in [1.165, 1.54) is 6.92 Å². The molecule has 1 heterocycles. The first-order valence-corrected chi connectivity index (χ1v) is 8.08. The Morgan fingerprint density at radius 1 is 1.35 bits per heavy atom. The molecule has 0 bridgehead atoms. The van der Waals surface area contributed by atoms with Gasteiger partial charge in [0.1, 0.15) is 18.5 Å². The summed E-state index contributed by atoms with van der Waals surface area (Å²) in [6.45, 7) is 4.36. The lowest BCUT2D eigenvalue weighted by atomic mass is 9.98. The molecular formula is C17H26N2O4. The number of ether oxygens (including phenoxy) is 1. The highest BCUT2D eigenvalue weighted by atomic mass is 16.5. The van der Waals surface area contributed by atoms with Crippen molar-refractivity contribution in [3.8, 4) is 5.75 Å². The van der Waals surface area contributed by atoms with Gasteiger partial charge in [0.05, 0.1) is 0 Å². The van der Waals surface area contributed by atoms with E-state index in [2.05, 4.69) is 10.2 Å². The van der Waals surface area contributed by atoms with Gasteiger partial charge < -0.3 is 25.2 Å². The Balaban J connectivity index is 1.69. The second-order valence-electron chi connectivity index (χ2n) is 6.10. The molecule has 23 heavy (non-hydrogen) atoms. The summed E-state index contributed by atoms with van der Waals surface area (Å²) in [5, 5.41) is 21.9. The number of rotatable bonds is 7. The number of carbonyl (C=O) groups excluding carboxylic acids is 1. The summed E-state index contributed by atoms with van der Waals surface area (Å²) in [6.07, 6.45) is 1.42. The van der Waals surface area contributed by atoms with Gasteiger partial charge in [-0.2, -0.15) is 0 Å². The van der Waals surface area contributed by atoms with E-state index in [1.54, 1.807) is 24.3 Å². The number of β-amino-alcohol motifs (C(OH)–C–C–N with tert-alkyl or cyclic N) is 1. The maximum absolute atomic E-state index is 10.9. The SMILES string of the molecule is CC(=O)Nc1ccc(OCC(O)CN2CCC(CO)CC2)cc1. The number of aliphatic hydroxyl groups is 2. The van der Waals surface area contributed by atoms with Crippen molar-refractivity contribution in [1.29, 1.82) is 0 Å². The highest BCUT2D eigenvalue weighted by Crippen LogP contribution is 2.18. The van der Waals surface area contributed by atoms with Crippen molar-refractivity contribution in [3.63, 3.8) is 0 Å². The quantitative estimate of drug-likeness (QED) is 0.700. The van der Waals surface area contributed by atoms with E-state index in [9.17, 15) is 9.90 Å². The number of carbonyl (C=O) groups is 1. The summed E-state index contributed by atoms with van der Waals surface area (Å²) >= 11 is 0. The second-order valence-corrected chi connectivity index (χ2v) is 6.10. The summed E-state index contributed by atoms with van der Waals surface area (Å²) < 4.78 is 5.58. The fourth-order valence-electron chi connectivity index (χ4n) is 2.73. The number of nitrogens with zero attached hydrogens (tertiary/aromatic N) is 1. The van der Waals surface area contributed by atoms with Crippen LogP contribution in [0, 0.1) is 5.92 Å². The van der Waals surface area contributed by atoms with Crippen LogP contribution in [0.3, 0.4) is 0 Å². The predicted molar refractivity (Wildman–Crippen MR) is 88.5 cm³/mol. The fraction of sp³-hybridized carbons (Fsp3) is 0.588. The van der Waals surface area contributed by atoms with Gasteiger partial charge in [0.2, 0.25) is 5.91 Å². The number of nitrogens with one attached hydrogen (secondary N) is 1. The van der Waals surface area contributed by atoms with E-state index >= 15 is 0 Å². The van der Waals surface area contributed by atoms with Gasteiger partial charge in [0, 0.05) is 25.8 Å². The Morgan fingerprint density at radius 3 is 2.57 bits per heavy atom. The van der Waals surface area contributed by atoms with Crippen LogP contribution >= 0.6 is 0 Å². The second kappa shape index (κ2) is 8.86. The molecule has 1 unspecified atom stereocenters. The summed E-state index contributed by atoms with van der Waals surface area (Å²) in [6, 6.07) is 7.07. The number of aliphatic hydroxyl groups excluding tert-OH is 2. The van der Waals surface area contributed by atoms with Crippen molar-refractivity contribution in [2.45, 2.75) is 25.9 Å². The highest BCUT2D eigenvalue weighted by molar-refractivity contribution is 5.88. The smallest absolute Gasteiger partial charge is 0.221 e. The molecule has 1 fully saturated rings. The minimum Gasteiger partial charge on any atom is -0.491 e. The first-order valence-electron chi connectivity index (χ1n) is 8.08. The molecule has 1 aromatic carbocycles. The monoisotopic (exact) mass is 322 g/mol. The topological polar surface area (TPSA) is 82.0 Å². The van der Waals surface area contributed by atoms with Crippen LogP contribution in [-0.2, 0) is 4.79 Å². The zero-order valence-electron chi connectivity index (χ0n) is 13.6. The van der Waals surface area contributed by atoms with E-state index in [1.807, 2.05) is 0 Å². The molecule has 0 saturated carbocycles. The van der Waals surface area contributed by atoms with Gasteiger partial charge in [0.15, 0.2) is 0 Å². The van der Waals surface area contributed by atoms with Gasteiger partial charge in [-0.25, -0.2) is 0 Å². The molecule has 128 valence electrons. The van der Waals surface area contributed by atoms with Gasteiger partial charge >= 0.3 is 0 Å². The molecule has 3 N–H and O–H groups in total. The van der Waals surface area contributed by atoms with Crippen LogP contribution in [0.15, 0.2) is 24.3 Å². The number of hydrogen-bond donors (Lipinski definition) is 3. The summed E-state index contributed by atoms with van der Waals surface area (Å²) in [7, 11) is 0. The maximum atomic E-state index is 10.9. The minimum absolute atomic E-state index is 0.112. The molecule has 1 aliphatic heterocycles. The van der Waals surface area contributed by atoms with Crippen LogP contribution < -0.4 is 10.1 Å². The van der Waals surface area contributed by atoms with Crippen molar-refractivity contribution in [2.75, 3.05) is 38.2 Å². The van der Waals surface area contributed by atoms with Crippen LogP contribution in [0.1, 0.15) is 19.8 Å². The largest absolute Gasteiger partial charge is 0.491 e. The standard InChI is InChI=1S/C17H26N2O4/c1-13(21)18-15-2-4-17(5-3-15)23-12-16(22)10-19-8-6-14(11-20)7-9-19/h2-5,14,16,20,22H,6-12H2,1H3,(H,18,21). The van der Waals surface area contributed by atoms with E-state index in [0.29, 0.717) is 18.2 Å². The Bertz CT molecular complexity index is 484. The van der Waals surface area contributed by atoms with E-state index < -0.39 is 6.10 Å². The summed E-state index contributed by atoms with van der Waals surface area (Å²) in [4.78, 5) is 13.2. The Kier molecular flexibility index (Phi) is 6.83. The molecule has 1 atom stereocenters. The Labute approximate surface area is 137 Å². The van der Waals surface area contributed by atoms with Crippen LogP contribution in [-0.4, -0.2) is 60.0 Å². The lowest BCUT2D eigenvalue weighted by Gasteiger charge is -2.32. The number of hydrogen-bond acceptors (Lipinski definition) is 5. The third-order valence-corrected chi connectivity index (χ3v) is 4.05. The van der Waals surface area contributed by atoms with Gasteiger partial charge in [-0.3, -0.25) is 4.79 Å². The molecule has 6 heteroatoms. The number of benzene rings is 1. The van der Waals surface area contributed by atoms with Gasteiger partial charge in [0.25, 0.3) is 0 Å². The minimum atomic E-state index is -0.546. The average Bonchev–Trinajstić information content (AvgIpc) is 2.54. The van der Waals surface area contributed by atoms with Crippen LogP contribution in [0.2, 0.25) is 0 Å². The normalized spacial score (nSPS) is 17.7. The highest BCUT2D eigenvalue weighted by Gasteiger charge is 2.20. The molecular weight excluding hydrogens is 296 g/mol. The molecule has 0 spiro atoms.